The number of nitrogens with one attached hydrogen (secondary N) is 2. The molecule has 0 aliphatic heterocycles. The fourth-order valence-electron chi connectivity index (χ4n) is 3.71. The highest BCUT2D eigenvalue weighted by atomic mass is 15.1. The Kier molecular flexibility index (Phi) is 8.69. The van der Waals surface area contributed by atoms with Gasteiger partial charge in [-0.05, 0) is 36.8 Å². The maximum absolute atomic E-state index is 4.07. The van der Waals surface area contributed by atoms with Crippen LogP contribution in [0.1, 0.15) is 50.9 Å². The molecule has 2 aromatic carbocycles. The van der Waals surface area contributed by atoms with E-state index in [0.717, 1.165) is 0 Å². The van der Waals surface area contributed by atoms with E-state index in [-0.39, 0.29) is 24.2 Å². The Morgan fingerprint density at radius 2 is 0.929 bits per heavy atom. The summed E-state index contributed by atoms with van der Waals surface area (Å²) in [5, 5.41) is 7.75. The lowest BCUT2D eigenvalue weighted by molar-refractivity contribution is 0.247. The average molecular weight is 377 g/mol. The minimum Gasteiger partial charge on any atom is -0.305 e. The first kappa shape index (κ1) is 22.1. The summed E-state index contributed by atoms with van der Waals surface area (Å²) in [6.07, 6.45) is 4.10. The van der Waals surface area contributed by atoms with E-state index in [4.69, 9.17) is 0 Å². The molecule has 0 unspecified atom stereocenters. The standard InChI is InChI=1S/C26H36N2/c1-7-19(3)25(27-21(5)23-15-11-9-12-16-23)26(20(4)8-2)28-22(6)24-17-13-10-14-18-24/h7-22,25-28H,1-2H2,3-6H3/t19-,20-,21-,22-,25+,26+/m0/s1. The van der Waals surface area contributed by atoms with E-state index in [1.54, 1.807) is 0 Å². The monoisotopic (exact) mass is 376 g/mol. The Morgan fingerprint density at radius 3 is 1.21 bits per heavy atom. The molecule has 6 atom stereocenters. The van der Waals surface area contributed by atoms with Gasteiger partial charge in [-0.3, -0.25) is 0 Å². The van der Waals surface area contributed by atoms with Crippen molar-refractivity contribution in [2.45, 2.75) is 51.9 Å². The number of hydrogen-bond acceptors (Lipinski definition) is 2. The maximum Gasteiger partial charge on any atom is 0.0295 e. The van der Waals surface area contributed by atoms with Gasteiger partial charge in [0.25, 0.3) is 0 Å². The summed E-state index contributed by atoms with van der Waals surface area (Å²) in [6, 6.07) is 22.2. The molecule has 0 heterocycles. The molecule has 2 aromatic rings. The van der Waals surface area contributed by atoms with Crippen molar-refractivity contribution in [2.75, 3.05) is 0 Å². The Morgan fingerprint density at radius 1 is 0.607 bits per heavy atom. The van der Waals surface area contributed by atoms with Crippen molar-refractivity contribution < 1.29 is 0 Å². The Balaban J connectivity index is 2.26. The molecule has 0 aliphatic rings. The van der Waals surface area contributed by atoms with Crippen LogP contribution in [-0.2, 0) is 0 Å². The summed E-state index contributed by atoms with van der Waals surface area (Å²) in [6.45, 7) is 17.1. The van der Waals surface area contributed by atoms with Gasteiger partial charge in [-0.15, -0.1) is 13.2 Å². The Hall–Kier alpha value is -2.16. The van der Waals surface area contributed by atoms with Crippen molar-refractivity contribution in [1.82, 2.24) is 10.6 Å². The zero-order valence-electron chi connectivity index (χ0n) is 17.8. The number of rotatable bonds is 11. The smallest absolute Gasteiger partial charge is 0.0295 e. The highest BCUT2D eigenvalue weighted by Crippen LogP contribution is 2.24. The van der Waals surface area contributed by atoms with Crippen LogP contribution in [0.5, 0.6) is 0 Å². The second-order valence-corrected chi connectivity index (χ2v) is 7.84. The van der Waals surface area contributed by atoms with Gasteiger partial charge >= 0.3 is 0 Å². The van der Waals surface area contributed by atoms with Crippen LogP contribution in [0.4, 0.5) is 0 Å². The summed E-state index contributed by atoms with van der Waals surface area (Å²) >= 11 is 0. The van der Waals surface area contributed by atoms with Crippen LogP contribution >= 0.6 is 0 Å². The summed E-state index contributed by atoms with van der Waals surface area (Å²) in [7, 11) is 0. The molecule has 0 bridgehead atoms. The molecule has 2 rings (SSSR count). The number of hydrogen-bond donors (Lipinski definition) is 2. The van der Waals surface area contributed by atoms with Crippen LogP contribution in [0.2, 0.25) is 0 Å². The van der Waals surface area contributed by atoms with Gasteiger partial charge in [0.1, 0.15) is 0 Å². The SMILES string of the molecule is C=C[C@H](C)[C@@H](N[C@@H](C)c1ccccc1)[C@H](N[C@@H](C)c1ccccc1)[C@@H](C)C=C. The third-order valence-corrected chi connectivity index (χ3v) is 5.75. The fourth-order valence-corrected chi connectivity index (χ4v) is 3.71. The molecule has 0 fully saturated rings. The minimum atomic E-state index is 0.229. The molecule has 150 valence electrons. The predicted octanol–water partition coefficient (Wildman–Crippen LogP) is 6.07. The van der Waals surface area contributed by atoms with Crippen molar-refractivity contribution in [3.05, 3.63) is 97.1 Å². The van der Waals surface area contributed by atoms with Gasteiger partial charge in [0, 0.05) is 24.2 Å². The predicted molar refractivity (Wildman–Crippen MR) is 122 cm³/mol. The van der Waals surface area contributed by atoms with Crippen LogP contribution in [0.3, 0.4) is 0 Å². The Labute approximate surface area is 171 Å². The Bertz CT molecular complexity index is 646. The summed E-state index contributed by atoms with van der Waals surface area (Å²) in [5.74, 6) is 0.628. The molecule has 28 heavy (non-hydrogen) atoms. The van der Waals surface area contributed by atoms with Gasteiger partial charge in [0.05, 0.1) is 0 Å². The molecule has 2 N–H and O–H groups in total. The van der Waals surface area contributed by atoms with Crippen molar-refractivity contribution in [3.8, 4) is 0 Å². The van der Waals surface area contributed by atoms with Crippen molar-refractivity contribution in [2.24, 2.45) is 11.8 Å². The topological polar surface area (TPSA) is 24.1 Å². The zero-order valence-corrected chi connectivity index (χ0v) is 17.8. The average Bonchev–Trinajstić information content (AvgIpc) is 2.75. The second kappa shape index (κ2) is 11.0. The number of benzene rings is 2. The van der Waals surface area contributed by atoms with Gasteiger partial charge in [0.15, 0.2) is 0 Å². The van der Waals surface area contributed by atoms with Crippen LogP contribution in [0, 0.1) is 11.8 Å². The fraction of sp³-hybridized carbons (Fsp3) is 0.385. The van der Waals surface area contributed by atoms with Gasteiger partial charge in [-0.25, -0.2) is 0 Å². The van der Waals surface area contributed by atoms with Crippen LogP contribution < -0.4 is 10.6 Å². The van der Waals surface area contributed by atoms with E-state index in [9.17, 15) is 0 Å². The van der Waals surface area contributed by atoms with Gasteiger partial charge < -0.3 is 10.6 Å². The molecule has 2 nitrogen and oxygen atoms in total. The van der Waals surface area contributed by atoms with Crippen LogP contribution in [0.25, 0.3) is 0 Å². The second-order valence-electron chi connectivity index (χ2n) is 7.84. The van der Waals surface area contributed by atoms with Crippen LogP contribution in [-0.4, -0.2) is 12.1 Å². The highest BCUT2D eigenvalue weighted by molar-refractivity contribution is 5.20. The quantitative estimate of drug-likeness (QED) is 0.465. The molecule has 0 aromatic heterocycles. The van der Waals surface area contributed by atoms with E-state index < -0.39 is 0 Å². The third-order valence-electron chi connectivity index (χ3n) is 5.75. The lowest BCUT2D eigenvalue weighted by Gasteiger charge is -2.39. The molecule has 0 amide bonds. The summed E-state index contributed by atoms with van der Waals surface area (Å²) in [4.78, 5) is 0. The zero-order chi connectivity index (χ0) is 20.5. The molecular weight excluding hydrogens is 340 g/mol. The first-order valence-corrected chi connectivity index (χ1v) is 10.3. The van der Waals surface area contributed by atoms with Gasteiger partial charge in [0.2, 0.25) is 0 Å². The molecule has 0 radical (unpaired) electrons. The van der Waals surface area contributed by atoms with Crippen molar-refractivity contribution in [1.29, 1.82) is 0 Å². The van der Waals surface area contributed by atoms with E-state index in [0.29, 0.717) is 11.8 Å². The molecule has 0 saturated carbocycles. The van der Waals surface area contributed by atoms with Crippen molar-refractivity contribution >= 4 is 0 Å². The lowest BCUT2D eigenvalue weighted by atomic mass is 9.85. The molecule has 0 saturated heterocycles. The first-order valence-electron chi connectivity index (χ1n) is 10.3. The summed E-state index contributed by atoms with van der Waals surface area (Å²) < 4.78 is 0. The van der Waals surface area contributed by atoms with E-state index in [1.165, 1.54) is 11.1 Å². The van der Waals surface area contributed by atoms with E-state index in [1.807, 2.05) is 12.2 Å². The normalized spacial score (nSPS) is 17.7. The minimum absolute atomic E-state index is 0.229. The molecule has 0 spiro atoms. The summed E-state index contributed by atoms with van der Waals surface area (Å²) in [5.41, 5.74) is 2.59. The van der Waals surface area contributed by atoms with Crippen molar-refractivity contribution in [3.63, 3.8) is 0 Å². The van der Waals surface area contributed by atoms with Gasteiger partial charge in [-0.1, -0.05) is 86.7 Å². The maximum atomic E-state index is 4.07. The lowest BCUT2D eigenvalue weighted by Crippen LogP contribution is -2.54. The first-order chi connectivity index (χ1) is 13.5. The van der Waals surface area contributed by atoms with E-state index >= 15 is 0 Å². The molecule has 2 heteroatoms. The third kappa shape index (κ3) is 5.92. The van der Waals surface area contributed by atoms with Crippen LogP contribution in [0.15, 0.2) is 86.0 Å². The van der Waals surface area contributed by atoms with Gasteiger partial charge in [-0.2, -0.15) is 0 Å². The van der Waals surface area contributed by atoms with E-state index in [2.05, 4.69) is 112 Å². The molecule has 0 aliphatic carbocycles. The molecular formula is C26H36N2. The largest absolute Gasteiger partial charge is 0.305 e. The highest BCUT2D eigenvalue weighted by Gasteiger charge is 2.31.